The number of rotatable bonds is 10. The number of para-hydroxylation sites is 1. The summed E-state index contributed by atoms with van der Waals surface area (Å²) < 4.78 is 28.7. The van der Waals surface area contributed by atoms with Crippen LogP contribution in [-0.4, -0.2) is 54.4 Å². The molecule has 0 bridgehead atoms. The van der Waals surface area contributed by atoms with E-state index in [0.29, 0.717) is 18.1 Å². The fourth-order valence-electron chi connectivity index (χ4n) is 5.06. The summed E-state index contributed by atoms with van der Waals surface area (Å²) in [5, 5.41) is 3.62. The average molecular weight is 498 g/mol. The molecule has 1 N–H and O–H groups in total. The van der Waals surface area contributed by atoms with Gasteiger partial charge in [-0.15, -0.1) is 0 Å². The van der Waals surface area contributed by atoms with Gasteiger partial charge in [0.1, 0.15) is 5.82 Å². The molecule has 1 fully saturated rings. The predicted molar refractivity (Wildman–Crippen MR) is 143 cm³/mol. The smallest absolute Gasteiger partial charge is 0.242 e. The summed E-state index contributed by atoms with van der Waals surface area (Å²) in [4.78, 5) is 7.62. The summed E-state index contributed by atoms with van der Waals surface area (Å²) in [5.74, 6) is 0.914. The van der Waals surface area contributed by atoms with Gasteiger partial charge in [0, 0.05) is 38.9 Å². The third kappa shape index (κ3) is 5.71. The Labute approximate surface area is 210 Å². The van der Waals surface area contributed by atoms with Crippen LogP contribution in [-0.2, 0) is 29.7 Å². The Morgan fingerprint density at radius 1 is 1.06 bits per heavy atom. The van der Waals surface area contributed by atoms with Gasteiger partial charge in [0.15, 0.2) is 0 Å². The van der Waals surface area contributed by atoms with Gasteiger partial charge in [0.05, 0.1) is 22.5 Å². The van der Waals surface area contributed by atoms with Crippen molar-refractivity contribution in [2.75, 3.05) is 26.5 Å². The van der Waals surface area contributed by atoms with Crippen molar-refractivity contribution >= 4 is 26.7 Å². The third-order valence-electron chi connectivity index (χ3n) is 7.10. The van der Waals surface area contributed by atoms with E-state index in [1.54, 1.807) is 26.2 Å². The minimum Gasteiger partial charge on any atom is -0.378 e. The zero-order chi connectivity index (χ0) is 25.0. The number of aryl methyl sites for hydroxylation is 1. The Morgan fingerprint density at radius 2 is 1.80 bits per heavy atom. The van der Waals surface area contributed by atoms with Crippen molar-refractivity contribution in [1.82, 2.24) is 18.8 Å². The first-order valence-electron chi connectivity index (χ1n) is 12.7. The van der Waals surface area contributed by atoms with E-state index in [2.05, 4.69) is 53.0 Å². The lowest BCUT2D eigenvalue weighted by Crippen LogP contribution is -2.33. The molecule has 0 amide bonds. The molecule has 0 radical (unpaired) electrons. The van der Waals surface area contributed by atoms with Crippen molar-refractivity contribution in [2.45, 2.75) is 76.0 Å². The molecule has 190 valence electrons. The SMILES string of the molecule is CCCn1c(CNc2ccccc2CN(C)C2CCCCC2)nc2cc(S(=O)(=O)N(C)C)ccc21. The zero-order valence-corrected chi connectivity index (χ0v) is 22.3. The third-order valence-corrected chi connectivity index (χ3v) is 8.91. The van der Waals surface area contributed by atoms with Gasteiger partial charge in [-0.2, -0.15) is 0 Å². The minimum absolute atomic E-state index is 0.270. The molecule has 4 rings (SSSR count). The Kier molecular flexibility index (Phi) is 8.14. The fourth-order valence-corrected chi connectivity index (χ4v) is 5.99. The van der Waals surface area contributed by atoms with E-state index >= 15 is 0 Å². The van der Waals surface area contributed by atoms with E-state index in [1.807, 2.05) is 6.07 Å². The maximum Gasteiger partial charge on any atom is 0.242 e. The number of hydrogen-bond acceptors (Lipinski definition) is 5. The molecule has 0 spiro atoms. The first-order valence-corrected chi connectivity index (χ1v) is 14.2. The second-order valence-corrected chi connectivity index (χ2v) is 12.0. The highest BCUT2D eigenvalue weighted by Gasteiger charge is 2.21. The highest BCUT2D eigenvalue weighted by Crippen LogP contribution is 2.26. The topological polar surface area (TPSA) is 70.5 Å². The number of imidazole rings is 1. The normalized spacial score (nSPS) is 15.4. The Balaban J connectivity index is 1.56. The van der Waals surface area contributed by atoms with E-state index in [9.17, 15) is 8.42 Å². The molecule has 7 nitrogen and oxygen atoms in total. The van der Waals surface area contributed by atoms with Crippen LogP contribution in [0.5, 0.6) is 0 Å². The van der Waals surface area contributed by atoms with Gasteiger partial charge in [0.25, 0.3) is 0 Å². The van der Waals surface area contributed by atoms with Gasteiger partial charge in [-0.3, -0.25) is 4.90 Å². The number of aromatic nitrogens is 2. The van der Waals surface area contributed by atoms with Crippen LogP contribution < -0.4 is 5.32 Å². The van der Waals surface area contributed by atoms with Gasteiger partial charge in [-0.1, -0.05) is 44.4 Å². The maximum atomic E-state index is 12.6. The first-order chi connectivity index (χ1) is 16.8. The summed E-state index contributed by atoms with van der Waals surface area (Å²) in [6.07, 6.45) is 7.58. The maximum absolute atomic E-state index is 12.6. The molecule has 1 saturated carbocycles. The lowest BCUT2D eigenvalue weighted by Gasteiger charge is -2.31. The number of benzene rings is 2. The number of nitrogens with one attached hydrogen (secondary N) is 1. The van der Waals surface area contributed by atoms with Crippen LogP contribution in [0.25, 0.3) is 11.0 Å². The van der Waals surface area contributed by atoms with Crippen LogP contribution in [0.3, 0.4) is 0 Å². The molecule has 3 aromatic rings. The monoisotopic (exact) mass is 497 g/mol. The van der Waals surface area contributed by atoms with Gasteiger partial charge in [-0.05, 0) is 56.1 Å². The highest BCUT2D eigenvalue weighted by atomic mass is 32.2. The molecule has 0 saturated heterocycles. The van der Waals surface area contributed by atoms with Crippen LogP contribution >= 0.6 is 0 Å². The number of anilines is 1. The predicted octanol–water partition coefficient (Wildman–Crippen LogP) is 5.07. The first kappa shape index (κ1) is 25.7. The number of nitrogens with zero attached hydrogens (tertiary/aromatic N) is 4. The van der Waals surface area contributed by atoms with Crippen molar-refractivity contribution in [3.05, 3.63) is 53.9 Å². The molecule has 1 aromatic heterocycles. The summed E-state index contributed by atoms with van der Waals surface area (Å²) >= 11 is 0. The van der Waals surface area contributed by atoms with Crippen molar-refractivity contribution in [3.8, 4) is 0 Å². The number of hydrogen-bond donors (Lipinski definition) is 1. The molecule has 1 aliphatic rings. The molecule has 8 heteroatoms. The molecule has 1 aliphatic carbocycles. The van der Waals surface area contributed by atoms with Crippen molar-refractivity contribution < 1.29 is 8.42 Å². The standard InChI is InChI=1S/C27H39N5O2S/c1-5-17-32-26-16-15-23(35(33,34)30(2)3)18-25(26)29-27(32)19-28-24-14-10-9-11-21(24)20-31(4)22-12-7-6-8-13-22/h9-11,14-16,18,22,28H,5-8,12-13,17,19-20H2,1-4H3. The Hall–Kier alpha value is -2.42. The van der Waals surface area contributed by atoms with E-state index in [4.69, 9.17) is 4.98 Å². The van der Waals surface area contributed by atoms with E-state index in [1.165, 1.54) is 42.0 Å². The Bertz CT molecular complexity index is 1250. The molecular formula is C27H39N5O2S. The van der Waals surface area contributed by atoms with Crippen LogP contribution in [0.2, 0.25) is 0 Å². The molecule has 2 aromatic carbocycles. The van der Waals surface area contributed by atoms with Gasteiger partial charge >= 0.3 is 0 Å². The molecular weight excluding hydrogens is 458 g/mol. The van der Waals surface area contributed by atoms with Crippen LogP contribution in [0.1, 0.15) is 56.8 Å². The quantitative estimate of drug-likeness (QED) is 0.423. The summed E-state index contributed by atoms with van der Waals surface area (Å²) in [7, 11) is 1.84. The summed E-state index contributed by atoms with van der Waals surface area (Å²) in [6.45, 7) is 4.48. The van der Waals surface area contributed by atoms with Gasteiger partial charge in [-0.25, -0.2) is 17.7 Å². The molecule has 0 atom stereocenters. The van der Waals surface area contributed by atoms with Crippen molar-refractivity contribution in [1.29, 1.82) is 0 Å². The van der Waals surface area contributed by atoms with Gasteiger partial charge < -0.3 is 9.88 Å². The lowest BCUT2D eigenvalue weighted by atomic mass is 9.94. The van der Waals surface area contributed by atoms with Crippen molar-refractivity contribution in [2.24, 2.45) is 0 Å². The van der Waals surface area contributed by atoms with Crippen LogP contribution in [0.4, 0.5) is 5.69 Å². The van der Waals surface area contributed by atoms with Crippen molar-refractivity contribution in [3.63, 3.8) is 0 Å². The zero-order valence-electron chi connectivity index (χ0n) is 21.5. The average Bonchev–Trinajstić information content (AvgIpc) is 3.20. The van der Waals surface area contributed by atoms with E-state index in [0.717, 1.165) is 36.5 Å². The highest BCUT2D eigenvalue weighted by molar-refractivity contribution is 7.89. The fraction of sp³-hybridized carbons (Fsp3) is 0.519. The van der Waals surface area contributed by atoms with Crippen LogP contribution in [0, 0.1) is 0 Å². The number of sulfonamides is 1. The Morgan fingerprint density at radius 3 is 2.51 bits per heavy atom. The van der Waals surface area contributed by atoms with E-state index < -0.39 is 10.0 Å². The second-order valence-electron chi connectivity index (χ2n) is 9.84. The van der Waals surface area contributed by atoms with Crippen LogP contribution in [0.15, 0.2) is 47.4 Å². The van der Waals surface area contributed by atoms with Gasteiger partial charge in [0.2, 0.25) is 10.0 Å². The second kappa shape index (κ2) is 11.1. The molecule has 0 unspecified atom stereocenters. The largest absolute Gasteiger partial charge is 0.378 e. The van der Waals surface area contributed by atoms with E-state index in [-0.39, 0.29) is 4.90 Å². The lowest BCUT2D eigenvalue weighted by molar-refractivity contribution is 0.185. The molecule has 1 heterocycles. The summed E-state index contributed by atoms with van der Waals surface area (Å²) in [5.41, 5.74) is 4.09. The summed E-state index contributed by atoms with van der Waals surface area (Å²) in [6, 6.07) is 14.4. The minimum atomic E-state index is -3.50. The molecule has 0 aliphatic heterocycles. The number of fused-ring (bicyclic) bond motifs is 1. The molecule has 35 heavy (non-hydrogen) atoms.